The Balaban J connectivity index is 4.17. The molecule has 0 heterocycles. The molecule has 0 aliphatic heterocycles. The number of carbonyl (C=O) groups excluding carboxylic acids is 1. The van der Waals surface area contributed by atoms with Crippen molar-refractivity contribution in [1.82, 2.24) is 10.6 Å². The van der Waals surface area contributed by atoms with Crippen LogP contribution >= 0.6 is 0 Å². The smallest absolute Gasteiger partial charge is 0.263 e. The van der Waals surface area contributed by atoms with Crippen molar-refractivity contribution >= 4 is 5.91 Å². The second-order valence-electron chi connectivity index (χ2n) is 4.58. The highest BCUT2D eigenvalue weighted by molar-refractivity contribution is 5.97. The normalized spacial score (nSPS) is 11.4. The highest BCUT2D eigenvalue weighted by Gasteiger charge is 2.08. The SMILES string of the molecule is CC(C)CN/C=C(/C#N)C(=O)NCC(C)C. The molecule has 0 saturated carbocycles. The van der Waals surface area contributed by atoms with Gasteiger partial charge in [0.25, 0.3) is 5.91 Å². The van der Waals surface area contributed by atoms with Crippen molar-refractivity contribution in [2.24, 2.45) is 11.8 Å². The van der Waals surface area contributed by atoms with Gasteiger partial charge in [0, 0.05) is 19.3 Å². The minimum Gasteiger partial charge on any atom is -0.389 e. The number of nitriles is 1. The van der Waals surface area contributed by atoms with Crippen LogP contribution in [-0.2, 0) is 4.79 Å². The van der Waals surface area contributed by atoms with Crippen molar-refractivity contribution in [3.63, 3.8) is 0 Å². The Morgan fingerprint density at radius 1 is 1.25 bits per heavy atom. The fraction of sp³-hybridized carbons (Fsp3) is 0.667. The molecule has 0 spiro atoms. The first-order chi connectivity index (χ1) is 7.47. The lowest BCUT2D eigenvalue weighted by Crippen LogP contribution is -2.29. The molecule has 4 nitrogen and oxygen atoms in total. The van der Waals surface area contributed by atoms with Gasteiger partial charge in [0.2, 0.25) is 0 Å². The maximum atomic E-state index is 11.5. The van der Waals surface area contributed by atoms with Crippen LogP contribution in [0.1, 0.15) is 27.7 Å². The second kappa shape index (κ2) is 7.75. The van der Waals surface area contributed by atoms with Crippen molar-refractivity contribution in [2.45, 2.75) is 27.7 Å². The van der Waals surface area contributed by atoms with Crippen molar-refractivity contribution in [3.8, 4) is 6.07 Å². The lowest BCUT2D eigenvalue weighted by atomic mass is 10.2. The summed E-state index contributed by atoms with van der Waals surface area (Å²) in [5.41, 5.74) is 0.126. The van der Waals surface area contributed by atoms with Gasteiger partial charge in [0.05, 0.1) is 0 Å². The van der Waals surface area contributed by atoms with E-state index in [1.54, 1.807) is 0 Å². The minimum absolute atomic E-state index is 0.126. The van der Waals surface area contributed by atoms with Crippen LogP contribution in [0, 0.1) is 23.2 Å². The molecule has 0 unspecified atom stereocenters. The summed E-state index contributed by atoms with van der Waals surface area (Å²) in [6.45, 7) is 9.47. The summed E-state index contributed by atoms with van der Waals surface area (Å²) in [5, 5.41) is 14.5. The first-order valence-corrected chi connectivity index (χ1v) is 5.59. The molecular weight excluding hydrogens is 202 g/mol. The molecule has 0 radical (unpaired) electrons. The van der Waals surface area contributed by atoms with E-state index < -0.39 is 0 Å². The van der Waals surface area contributed by atoms with Crippen molar-refractivity contribution in [1.29, 1.82) is 5.26 Å². The number of hydrogen-bond acceptors (Lipinski definition) is 3. The van der Waals surface area contributed by atoms with Crippen molar-refractivity contribution in [2.75, 3.05) is 13.1 Å². The first-order valence-electron chi connectivity index (χ1n) is 5.59. The van der Waals surface area contributed by atoms with Crippen LogP contribution in [0.25, 0.3) is 0 Å². The maximum absolute atomic E-state index is 11.5. The Bertz CT molecular complexity index is 287. The van der Waals surface area contributed by atoms with Crippen LogP contribution in [-0.4, -0.2) is 19.0 Å². The zero-order chi connectivity index (χ0) is 12.6. The quantitative estimate of drug-likeness (QED) is 0.528. The molecule has 4 heteroatoms. The van der Waals surface area contributed by atoms with E-state index in [1.807, 2.05) is 19.9 Å². The topological polar surface area (TPSA) is 64.9 Å². The molecule has 0 saturated heterocycles. The third-order valence-electron chi connectivity index (χ3n) is 1.81. The van der Waals surface area contributed by atoms with Gasteiger partial charge in [-0.3, -0.25) is 4.79 Å². The standard InChI is InChI=1S/C12H21N3O/c1-9(2)6-14-8-11(5-13)12(16)15-7-10(3)4/h8-10,14H,6-7H2,1-4H3,(H,15,16)/b11-8-. The third-order valence-corrected chi connectivity index (χ3v) is 1.81. The molecule has 2 N–H and O–H groups in total. The average molecular weight is 223 g/mol. The maximum Gasteiger partial charge on any atom is 0.263 e. The van der Waals surface area contributed by atoms with Gasteiger partial charge in [-0.1, -0.05) is 27.7 Å². The van der Waals surface area contributed by atoms with Crippen LogP contribution < -0.4 is 10.6 Å². The summed E-state index contributed by atoms with van der Waals surface area (Å²) in [6, 6.07) is 1.89. The number of rotatable bonds is 6. The van der Waals surface area contributed by atoms with Crippen molar-refractivity contribution in [3.05, 3.63) is 11.8 Å². The fourth-order valence-corrected chi connectivity index (χ4v) is 0.937. The molecule has 1 amide bonds. The lowest BCUT2D eigenvalue weighted by Gasteiger charge is -2.07. The van der Waals surface area contributed by atoms with E-state index in [1.165, 1.54) is 6.20 Å². The highest BCUT2D eigenvalue weighted by Crippen LogP contribution is 1.94. The van der Waals surface area contributed by atoms with Crippen LogP contribution in [0.4, 0.5) is 0 Å². The number of amides is 1. The Morgan fingerprint density at radius 2 is 1.81 bits per heavy atom. The molecule has 16 heavy (non-hydrogen) atoms. The molecule has 0 fully saturated rings. The summed E-state index contributed by atoms with van der Waals surface area (Å²) >= 11 is 0. The van der Waals surface area contributed by atoms with E-state index in [2.05, 4.69) is 24.5 Å². The second-order valence-corrected chi connectivity index (χ2v) is 4.58. The lowest BCUT2D eigenvalue weighted by molar-refractivity contribution is -0.117. The Morgan fingerprint density at radius 3 is 2.25 bits per heavy atom. The van der Waals surface area contributed by atoms with Gasteiger partial charge < -0.3 is 10.6 Å². The van der Waals surface area contributed by atoms with Crippen LogP contribution in [0.5, 0.6) is 0 Å². The third kappa shape index (κ3) is 6.88. The van der Waals surface area contributed by atoms with E-state index in [4.69, 9.17) is 5.26 Å². The molecule has 0 aliphatic rings. The molecule has 0 aromatic rings. The van der Waals surface area contributed by atoms with Gasteiger partial charge in [-0.15, -0.1) is 0 Å². The van der Waals surface area contributed by atoms with E-state index in [9.17, 15) is 4.79 Å². The van der Waals surface area contributed by atoms with Crippen LogP contribution in [0.3, 0.4) is 0 Å². The summed E-state index contributed by atoms with van der Waals surface area (Å²) in [5.74, 6) is 0.551. The summed E-state index contributed by atoms with van der Waals surface area (Å²) < 4.78 is 0. The Kier molecular flexibility index (Phi) is 7.02. The van der Waals surface area contributed by atoms with E-state index in [-0.39, 0.29) is 11.5 Å². The Hall–Kier alpha value is -1.50. The zero-order valence-corrected chi connectivity index (χ0v) is 10.5. The molecule has 90 valence electrons. The first kappa shape index (κ1) is 14.5. The molecule has 0 atom stereocenters. The zero-order valence-electron chi connectivity index (χ0n) is 10.5. The van der Waals surface area contributed by atoms with Gasteiger partial charge in [-0.05, 0) is 11.8 Å². The highest BCUT2D eigenvalue weighted by atomic mass is 16.1. The molecule has 0 aromatic carbocycles. The molecule has 0 bridgehead atoms. The van der Waals surface area contributed by atoms with Gasteiger partial charge >= 0.3 is 0 Å². The summed E-state index contributed by atoms with van der Waals surface area (Å²) in [7, 11) is 0. The summed E-state index contributed by atoms with van der Waals surface area (Å²) in [4.78, 5) is 11.5. The minimum atomic E-state index is -0.313. The molecule has 0 rings (SSSR count). The largest absolute Gasteiger partial charge is 0.389 e. The number of nitrogens with zero attached hydrogens (tertiary/aromatic N) is 1. The number of carbonyl (C=O) groups is 1. The molecule has 0 aliphatic carbocycles. The predicted octanol–water partition coefficient (Wildman–Crippen LogP) is 1.41. The van der Waals surface area contributed by atoms with Gasteiger partial charge in [0.15, 0.2) is 0 Å². The van der Waals surface area contributed by atoms with Crippen LogP contribution in [0.2, 0.25) is 0 Å². The van der Waals surface area contributed by atoms with Crippen molar-refractivity contribution < 1.29 is 4.79 Å². The predicted molar refractivity (Wildman–Crippen MR) is 64.4 cm³/mol. The van der Waals surface area contributed by atoms with E-state index in [0.717, 1.165) is 6.54 Å². The molecule has 0 aromatic heterocycles. The monoisotopic (exact) mass is 223 g/mol. The summed E-state index contributed by atoms with van der Waals surface area (Å²) in [6.07, 6.45) is 1.48. The van der Waals surface area contributed by atoms with E-state index >= 15 is 0 Å². The van der Waals surface area contributed by atoms with Crippen LogP contribution in [0.15, 0.2) is 11.8 Å². The average Bonchev–Trinajstić information content (AvgIpc) is 2.20. The van der Waals surface area contributed by atoms with Gasteiger partial charge in [-0.25, -0.2) is 0 Å². The fourth-order valence-electron chi connectivity index (χ4n) is 0.937. The van der Waals surface area contributed by atoms with Gasteiger partial charge in [-0.2, -0.15) is 5.26 Å². The van der Waals surface area contributed by atoms with E-state index in [0.29, 0.717) is 18.4 Å². The Labute approximate surface area is 97.7 Å². The number of nitrogens with one attached hydrogen (secondary N) is 2. The molecular formula is C12H21N3O. The number of hydrogen-bond donors (Lipinski definition) is 2. The van der Waals surface area contributed by atoms with Gasteiger partial charge in [0.1, 0.15) is 11.6 Å².